The number of thiophene rings is 1. The Labute approximate surface area is 114 Å². The molecule has 0 spiro atoms. The van der Waals surface area contributed by atoms with Crippen molar-refractivity contribution in [2.24, 2.45) is 5.92 Å². The molecule has 0 saturated heterocycles. The highest BCUT2D eigenvalue weighted by Crippen LogP contribution is 2.30. The molecule has 1 unspecified atom stereocenters. The van der Waals surface area contributed by atoms with Gasteiger partial charge in [-0.3, -0.25) is 4.79 Å². The first-order valence-corrected chi connectivity index (χ1v) is 7.54. The van der Waals surface area contributed by atoms with E-state index in [2.05, 4.69) is 19.2 Å². The van der Waals surface area contributed by atoms with Gasteiger partial charge in [0.2, 0.25) is 0 Å². The molecule has 3 N–H and O–H groups in total. The first kappa shape index (κ1) is 15.0. The number of nitrogens with two attached hydrogens (primary N) is 1. The molecule has 4 heteroatoms. The maximum absolute atomic E-state index is 11.3. The number of ketones is 1. The lowest BCUT2D eigenvalue weighted by molar-refractivity contribution is 0.102. The number of hydrogen-bond acceptors (Lipinski definition) is 4. The van der Waals surface area contributed by atoms with E-state index in [1.165, 1.54) is 37.0 Å². The van der Waals surface area contributed by atoms with Gasteiger partial charge in [0, 0.05) is 13.5 Å². The van der Waals surface area contributed by atoms with Gasteiger partial charge < -0.3 is 11.1 Å². The number of anilines is 2. The molecule has 0 fully saturated rings. The van der Waals surface area contributed by atoms with E-state index >= 15 is 0 Å². The van der Waals surface area contributed by atoms with Crippen molar-refractivity contribution in [3.05, 3.63) is 10.9 Å². The van der Waals surface area contributed by atoms with Gasteiger partial charge in [-0.25, -0.2) is 0 Å². The van der Waals surface area contributed by atoms with Crippen LogP contribution in [0.25, 0.3) is 0 Å². The molecular weight excluding hydrogens is 244 g/mol. The summed E-state index contributed by atoms with van der Waals surface area (Å²) in [5.74, 6) is 0.748. The molecule has 1 aromatic heterocycles. The summed E-state index contributed by atoms with van der Waals surface area (Å²) in [7, 11) is 0. The molecule has 102 valence electrons. The highest BCUT2D eigenvalue weighted by molar-refractivity contribution is 7.18. The van der Waals surface area contributed by atoms with Crippen molar-refractivity contribution in [3.63, 3.8) is 0 Å². The fourth-order valence-corrected chi connectivity index (χ4v) is 2.84. The Morgan fingerprint density at radius 2 is 2.22 bits per heavy atom. The van der Waals surface area contributed by atoms with Crippen molar-refractivity contribution in [1.82, 2.24) is 0 Å². The quantitative estimate of drug-likeness (QED) is 0.696. The van der Waals surface area contributed by atoms with Crippen LogP contribution in [-0.2, 0) is 0 Å². The number of nitrogens with one attached hydrogen (secondary N) is 1. The van der Waals surface area contributed by atoms with Crippen LogP contribution < -0.4 is 11.1 Å². The average molecular weight is 268 g/mol. The minimum absolute atomic E-state index is 0.0450. The van der Waals surface area contributed by atoms with Crippen molar-refractivity contribution in [2.75, 3.05) is 17.6 Å². The highest BCUT2D eigenvalue weighted by atomic mass is 32.1. The second-order valence-corrected chi connectivity index (χ2v) is 5.80. The summed E-state index contributed by atoms with van der Waals surface area (Å²) >= 11 is 1.46. The van der Waals surface area contributed by atoms with Crippen molar-refractivity contribution in [2.45, 2.75) is 46.5 Å². The lowest BCUT2D eigenvalue weighted by atomic mass is 9.99. The Hall–Kier alpha value is -1.03. The van der Waals surface area contributed by atoms with Crippen LogP contribution in [0.3, 0.4) is 0 Å². The van der Waals surface area contributed by atoms with Gasteiger partial charge in [-0.05, 0) is 18.4 Å². The van der Waals surface area contributed by atoms with Gasteiger partial charge >= 0.3 is 0 Å². The number of hydrogen-bond donors (Lipinski definition) is 2. The van der Waals surface area contributed by atoms with Crippen LogP contribution in [0, 0.1) is 5.92 Å². The van der Waals surface area contributed by atoms with E-state index in [-0.39, 0.29) is 5.78 Å². The number of Topliss-reactive ketones (excluding diaryl/α,β-unsaturated/α-hetero) is 1. The van der Waals surface area contributed by atoms with Gasteiger partial charge in [0.05, 0.1) is 15.6 Å². The van der Waals surface area contributed by atoms with E-state index in [1.54, 1.807) is 6.92 Å². The summed E-state index contributed by atoms with van der Waals surface area (Å²) in [6.45, 7) is 6.97. The maximum atomic E-state index is 11.3. The Kier molecular flexibility index (Phi) is 6.19. The Morgan fingerprint density at radius 3 is 2.72 bits per heavy atom. The number of carbonyl (C=O) groups excluding carboxylic acids is 1. The second-order valence-electron chi connectivity index (χ2n) is 4.75. The number of carbonyl (C=O) groups is 1. The predicted octanol–water partition coefficient (Wildman–Crippen LogP) is 4.16. The SMILES string of the molecule is CCCCC(CC)CNc1cc(N)c(C(C)=O)s1. The maximum Gasteiger partial charge on any atom is 0.171 e. The normalized spacial score (nSPS) is 12.4. The third-order valence-electron chi connectivity index (χ3n) is 3.19. The topological polar surface area (TPSA) is 55.1 Å². The molecule has 1 rings (SSSR count). The van der Waals surface area contributed by atoms with Crippen molar-refractivity contribution < 1.29 is 4.79 Å². The number of nitrogen functional groups attached to an aromatic ring is 1. The van der Waals surface area contributed by atoms with E-state index in [9.17, 15) is 4.79 Å². The molecule has 0 radical (unpaired) electrons. The van der Waals surface area contributed by atoms with Gasteiger partial charge in [-0.1, -0.05) is 33.1 Å². The monoisotopic (exact) mass is 268 g/mol. The summed E-state index contributed by atoms with van der Waals surface area (Å²) < 4.78 is 0. The number of rotatable bonds is 8. The first-order chi connectivity index (χ1) is 8.58. The minimum Gasteiger partial charge on any atom is -0.397 e. The van der Waals surface area contributed by atoms with Crippen LogP contribution in [-0.4, -0.2) is 12.3 Å². The van der Waals surface area contributed by atoms with E-state index in [4.69, 9.17) is 5.73 Å². The molecule has 3 nitrogen and oxygen atoms in total. The van der Waals surface area contributed by atoms with Crippen LogP contribution in [0.2, 0.25) is 0 Å². The third kappa shape index (κ3) is 4.33. The number of unbranched alkanes of at least 4 members (excludes halogenated alkanes) is 1. The lowest BCUT2D eigenvalue weighted by Crippen LogP contribution is -2.12. The largest absolute Gasteiger partial charge is 0.397 e. The molecule has 0 bridgehead atoms. The van der Waals surface area contributed by atoms with E-state index < -0.39 is 0 Å². The standard InChI is InChI=1S/C14H24N2OS/c1-4-6-7-11(5-2)9-16-13-8-12(15)14(18-13)10(3)17/h8,11,16H,4-7,9,15H2,1-3H3. The molecule has 0 aliphatic rings. The molecule has 0 aliphatic heterocycles. The summed E-state index contributed by atoms with van der Waals surface area (Å²) in [5, 5.41) is 4.41. The van der Waals surface area contributed by atoms with E-state index in [0.29, 0.717) is 16.5 Å². The Bertz CT molecular complexity index is 387. The van der Waals surface area contributed by atoms with Gasteiger partial charge in [-0.15, -0.1) is 11.3 Å². The molecule has 0 aromatic carbocycles. The van der Waals surface area contributed by atoms with Crippen LogP contribution in [0.1, 0.15) is 56.1 Å². The van der Waals surface area contributed by atoms with Gasteiger partial charge in [0.1, 0.15) is 0 Å². The fourth-order valence-electron chi connectivity index (χ4n) is 1.96. The van der Waals surface area contributed by atoms with Crippen molar-refractivity contribution >= 4 is 27.8 Å². The molecule has 0 amide bonds. The fraction of sp³-hybridized carbons (Fsp3) is 0.643. The van der Waals surface area contributed by atoms with E-state index in [1.807, 2.05) is 6.07 Å². The Morgan fingerprint density at radius 1 is 1.50 bits per heavy atom. The van der Waals surface area contributed by atoms with E-state index in [0.717, 1.165) is 11.5 Å². The zero-order valence-corrected chi connectivity index (χ0v) is 12.4. The van der Waals surface area contributed by atoms with Crippen molar-refractivity contribution in [3.8, 4) is 0 Å². The molecule has 1 atom stereocenters. The third-order valence-corrected chi connectivity index (χ3v) is 4.40. The average Bonchev–Trinajstić information content (AvgIpc) is 2.71. The van der Waals surface area contributed by atoms with Crippen LogP contribution in [0.5, 0.6) is 0 Å². The highest BCUT2D eigenvalue weighted by Gasteiger charge is 2.11. The molecule has 18 heavy (non-hydrogen) atoms. The summed E-state index contributed by atoms with van der Waals surface area (Å²) in [6, 6.07) is 1.87. The Balaban J connectivity index is 2.51. The van der Waals surface area contributed by atoms with Crippen LogP contribution in [0.4, 0.5) is 10.7 Å². The van der Waals surface area contributed by atoms with Crippen LogP contribution in [0.15, 0.2) is 6.07 Å². The summed E-state index contributed by atoms with van der Waals surface area (Å²) in [5.41, 5.74) is 6.41. The lowest BCUT2D eigenvalue weighted by Gasteiger charge is -2.14. The zero-order valence-electron chi connectivity index (χ0n) is 11.6. The molecule has 0 saturated carbocycles. The minimum atomic E-state index is 0.0450. The van der Waals surface area contributed by atoms with Gasteiger partial charge in [0.15, 0.2) is 5.78 Å². The summed E-state index contributed by atoms with van der Waals surface area (Å²) in [6.07, 6.45) is 4.98. The predicted molar refractivity (Wildman–Crippen MR) is 80.5 cm³/mol. The van der Waals surface area contributed by atoms with Gasteiger partial charge in [0.25, 0.3) is 0 Å². The zero-order chi connectivity index (χ0) is 13.5. The van der Waals surface area contributed by atoms with Crippen LogP contribution >= 0.6 is 11.3 Å². The van der Waals surface area contributed by atoms with Crippen molar-refractivity contribution in [1.29, 1.82) is 0 Å². The molecule has 1 aromatic rings. The molecule has 1 heterocycles. The molecule has 0 aliphatic carbocycles. The smallest absolute Gasteiger partial charge is 0.171 e. The summed E-state index contributed by atoms with van der Waals surface area (Å²) in [4.78, 5) is 12.0. The second kappa shape index (κ2) is 7.41. The molecular formula is C14H24N2OS. The first-order valence-electron chi connectivity index (χ1n) is 6.72. The van der Waals surface area contributed by atoms with Gasteiger partial charge in [-0.2, -0.15) is 0 Å².